The summed E-state index contributed by atoms with van der Waals surface area (Å²) in [6, 6.07) is 0.338. The van der Waals surface area contributed by atoms with Crippen molar-refractivity contribution in [2.45, 2.75) is 59.1 Å². The second kappa shape index (κ2) is 8.21. The van der Waals surface area contributed by atoms with E-state index in [4.69, 9.17) is 9.26 Å². The van der Waals surface area contributed by atoms with E-state index in [2.05, 4.69) is 43.2 Å². The molecule has 0 saturated heterocycles. The molecule has 2 unspecified atom stereocenters. The Hall–Kier alpha value is -0.940. The molecule has 0 spiro atoms. The van der Waals surface area contributed by atoms with E-state index in [0.29, 0.717) is 24.4 Å². The molecule has 0 aromatic carbocycles. The van der Waals surface area contributed by atoms with E-state index < -0.39 is 0 Å². The van der Waals surface area contributed by atoms with Crippen molar-refractivity contribution in [3.63, 3.8) is 0 Å². The van der Waals surface area contributed by atoms with Crippen LogP contribution in [0.3, 0.4) is 0 Å². The van der Waals surface area contributed by atoms with Crippen LogP contribution in [-0.4, -0.2) is 29.3 Å². The van der Waals surface area contributed by atoms with Gasteiger partial charge < -0.3 is 14.6 Å². The van der Waals surface area contributed by atoms with Crippen molar-refractivity contribution in [3.8, 4) is 0 Å². The zero-order chi connectivity index (χ0) is 13.4. The fraction of sp³-hybridized carbons (Fsp3) is 0.846. The molecule has 1 aromatic rings. The van der Waals surface area contributed by atoms with Gasteiger partial charge in [-0.05, 0) is 26.3 Å². The lowest BCUT2D eigenvalue weighted by molar-refractivity contribution is 0.114. The van der Waals surface area contributed by atoms with Crippen LogP contribution in [0.4, 0.5) is 0 Å². The molecule has 1 N–H and O–H groups in total. The van der Waals surface area contributed by atoms with Gasteiger partial charge in [0.1, 0.15) is 6.61 Å². The Balaban J connectivity index is 2.58. The predicted octanol–water partition coefficient (Wildman–Crippen LogP) is 2.49. The first-order chi connectivity index (χ1) is 8.72. The van der Waals surface area contributed by atoms with E-state index in [1.165, 1.54) is 0 Å². The third kappa shape index (κ3) is 4.38. The monoisotopic (exact) mass is 255 g/mol. The van der Waals surface area contributed by atoms with Crippen LogP contribution < -0.4 is 5.32 Å². The van der Waals surface area contributed by atoms with E-state index in [1.54, 1.807) is 0 Å². The van der Waals surface area contributed by atoms with Gasteiger partial charge in [0.15, 0.2) is 5.82 Å². The molecule has 0 radical (unpaired) electrons. The maximum Gasteiger partial charge on any atom is 0.231 e. The second-order valence-corrected chi connectivity index (χ2v) is 4.46. The van der Waals surface area contributed by atoms with E-state index in [9.17, 15) is 0 Å². The molecule has 18 heavy (non-hydrogen) atoms. The number of nitrogens with one attached hydrogen (secondary N) is 1. The molecular formula is C13H25N3O2. The van der Waals surface area contributed by atoms with Crippen molar-refractivity contribution in [1.29, 1.82) is 0 Å². The van der Waals surface area contributed by atoms with Gasteiger partial charge in [0, 0.05) is 12.6 Å². The summed E-state index contributed by atoms with van der Waals surface area (Å²) in [6.07, 6.45) is 1.98. The van der Waals surface area contributed by atoms with Crippen LogP contribution in [0, 0.1) is 0 Å². The van der Waals surface area contributed by atoms with E-state index in [1.807, 2.05) is 0 Å². The highest BCUT2D eigenvalue weighted by atomic mass is 16.5. The molecule has 0 aliphatic carbocycles. The van der Waals surface area contributed by atoms with E-state index in [0.717, 1.165) is 26.0 Å². The van der Waals surface area contributed by atoms with Gasteiger partial charge in [0.2, 0.25) is 5.89 Å². The highest BCUT2D eigenvalue weighted by Crippen LogP contribution is 2.21. The van der Waals surface area contributed by atoms with Gasteiger partial charge in [0.05, 0.1) is 5.92 Å². The molecule has 5 heteroatoms. The summed E-state index contributed by atoms with van der Waals surface area (Å²) in [6.45, 7) is 10.6. The Morgan fingerprint density at radius 3 is 2.72 bits per heavy atom. The number of hydrogen-bond donors (Lipinski definition) is 1. The lowest BCUT2D eigenvalue weighted by Gasteiger charge is -2.19. The van der Waals surface area contributed by atoms with Gasteiger partial charge in [-0.15, -0.1) is 0 Å². The van der Waals surface area contributed by atoms with Crippen LogP contribution in [0.25, 0.3) is 0 Å². The van der Waals surface area contributed by atoms with Gasteiger partial charge in [-0.1, -0.05) is 25.9 Å². The highest BCUT2D eigenvalue weighted by Gasteiger charge is 2.22. The minimum absolute atomic E-state index is 0.261. The fourth-order valence-corrected chi connectivity index (χ4v) is 1.99. The Kier molecular flexibility index (Phi) is 6.90. The molecule has 0 amide bonds. The lowest BCUT2D eigenvalue weighted by Crippen LogP contribution is -2.31. The smallest absolute Gasteiger partial charge is 0.231 e. The average Bonchev–Trinajstić information content (AvgIpc) is 2.79. The molecule has 0 bridgehead atoms. The number of aromatic nitrogens is 2. The third-order valence-corrected chi connectivity index (χ3v) is 2.95. The van der Waals surface area contributed by atoms with Gasteiger partial charge in [-0.25, -0.2) is 0 Å². The molecule has 0 fully saturated rings. The van der Waals surface area contributed by atoms with Crippen molar-refractivity contribution < 1.29 is 9.26 Å². The van der Waals surface area contributed by atoms with Crippen molar-refractivity contribution in [1.82, 2.24) is 15.5 Å². The minimum atomic E-state index is 0.261. The normalized spacial score (nSPS) is 14.7. The van der Waals surface area contributed by atoms with Crippen molar-refractivity contribution in [2.24, 2.45) is 0 Å². The molecule has 2 atom stereocenters. The number of ether oxygens (including phenoxy) is 1. The SMILES string of the molecule is CCCOCc1noc(C(CC)C(C)NCC)n1. The number of nitrogens with zero attached hydrogens (tertiary/aromatic N) is 2. The highest BCUT2D eigenvalue weighted by molar-refractivity contribution is 4.97. The Morgan fingerprint density at radius 2 is 2.11 bits per heavy atom. The van der Waals surface area contributed by atoms with Gasteiger partial charge in [-0.2, -0.15) is 4.98 Å². The molecule has 1 heterocycles. The summed E-state index contributed by atoms with van der Waals surface area (Å²) in [4.78, 5) is 4.41. The summed E-state index contributed by atoms with van der Waals surface area (Å²) in [5, 5.41) is 7.36. The molecule has 0 aliphatic heterocycles. The molecule has 1 aromatic heterocycles. The standard InChI is InChI=1S/C13H25N3O2/c1-5-8-17-9-12-15-13(18-16-12)11(6-2)10(4)14-7-3/h10-11,14H,5-9H2,1-4H3. The third-order valence-electron chi connectivity index (χ3n) is 2.95. The van der Waals surface area contributed by atoms with Crippen LogP contribution in [0.1, 0.15) is 58.2 Å². The number of likely N-dealkylation sites (N-methyl/N-ethyl adjacent to an activating group) is 1. The van der Waals surface area contributed by atoms with Gasteiger partial charge >= 0.3 is 0 Å². The molecule has 0 aliphatic rings. The Labute approximate surface area is 109 Å². The molecule has 1 rings (SSSR count). The van der Waals surface area contributed by atoms with Crippen molar-refractivity contribution in [2.75, 3.05) is 13.2 Å². The number of rotatable bonds is 9. The first-order valence-electron chi connectivity index (χ1n) is 6.86. The Bertz CT molecular complexity index is 328. The summed E-state index contributed by atoms with van der Waals surface area (Å²) in [5.41, 5.74) is 0. The molecule has 0 saturated carbocycles. The maximum atomic E-state index is 5.40. The van der Waals surface area contributed by atoms with E-state index >= 15 is 0 Å². The van der Waals surface area contributed by atoms with Crippen LogP contribution in [0.5, 0.6) is 0 Å². The van der Waals surface area contributed by atoms with Crippen LogP contribution in [0.15, 0.2) is 4.52 Å². The minimum Gasteiger partial charge on any atom is -0.373 e. The Morgan fingerprint density at radius 1 is 1.33 bits per heavy atom. The molecule has 104 valence electrons. The van der Waals surface area contributed by atoms with Crippen LogP contribution >= 0.6 is 0 Å². The first-order valence-corrected chi connectivity index (χ1v) is 6.86. The molecular weight excluding hydrogens is 230 g/mol. The zero-order valence-corrected chi connectivity index (χ0v) is 11.9. The molecule has 5 nitrogen and oxygen atoms in total. The predicted molar refractivity (Wildman–Crippen MR) is 70.4 cm³/mol. The summed E-state index contributed by atoms with van der Waals surface area (Å²) in [7, 11) is 0. The average molecular weight is 255 g/mol. The topological polar surface area (TPSA) is 60.2 Å². The maximum absolute atomic E-state index is 5.40. The zero-order valence-electron chi connectivity index (χ0n) is 11.9. The van der Waals surface area contributed by atoms with Crippen molar-refractivity contribution >= 4 is 0 Å². The second-order valence-electron chi connectivity index (χ2n) is 4.46. The fourth-order valence-electron chi connectivity index (χ4n) is 1.99. The van der Waals surface area contributed by atoms with Crippen LogP contribution in [-0.2, 0) is 11.3 Å². The first kappa shape index (κ1) is 15.1. The van der Waals surface area contributed by atoms with Crippen molar-refractivity contribution in [3.05, 3.63) is 11.7 Å². The largest absolute Gasteiger partial charge is 0.373 e. The number of hydrogen-bond acceptors (Lipinski definition) is 5. The van der Waals surface area contributed by atoms with Gasteiger partial charge in [-0.3, -0.25) is 0 Å². The van der Waals surface area contributed by atoms with E-state index in [-0.39, 0.29) is 5.92 Å². The van der Waals surface area contributed by atoms with Gasteiger partial charge in [0.25, 0.3) is 0 Å². The summed E-state index contributed by atoms with van der Waals surface area (Å²) >= 11 is 0. The van der Waals surface area contributed by atoms with Crippen LogP contribution in [0.2, 0.25) is 0 Å². The summed E-state index contributed by atoms with van der Waals surface area (Å²) < 4.78 is 10.7. The summed E-state index contributed by atoms with van der Waals surface area (Å²) in [5.74, 6) is 1.61. The lowest BCUT2D eigenvalue weighted by atomic mass is 9.98. The quantitative estimate of drug-likeness (QED) is 0.687.